The van der Waals surface area contributed by atoms with E-state index in [0.29, 0.717) is 36.6 Å². The number of hydrogen-bond donors (Lipinski definition) is 3. The molecule has 2 aliphatic rings. The van der Waals surface area contributed by atoms with Crippen LogP contribution in [0.2, 0.25) is 0 Å². The fourth-order valence-electron chi connectivity index (χ4n) is 4.97. The van der Waals surface area contributed by atoms with E-state index in [4.69, 9.17) is 4.74 Å². The van der Waals surface area contributed by atoms with Crippen molar-refractivity contribution >= 4 is 17.6 Å². The first-order chi connectivity index (χ1) is 19.2. The maximum Gasteiger partial charge on any atom is 0.323 e. The minimum Gasteiger partial charge on any atom is -0.488 e. The molecule has 3 heterocycles. The molecule has 1 aromatic heterocycles. The first-order valence-electron chi connectivity index (χ1n) is 13.6. The summed E-state index contributed by atoms with van der Waals surface area (Å²) in [5, 5.41) is 15.6. The van der Waals surface area contributed by atoms with Gasteiger partial charge in [0.15, 0.2) is 0 Å². The van der Waals surface area contributed by atoms with E-state index in [2.05, 4.69) is 27.4 Å². The number of rotatable bonds is 8. The number of likely N-dealkylation sites (N-methyl/N-ethyl adjacent to an activating group) is 2. The molecule has 10 heteroatoms. The molecule has 2 aromatic rings. The van der Waals surface area contributed by atoms with E-state index in [0.717, 1.165) is 17.8 Å². The van der Waals surface area contributed by atoms with Crippen molar-refractivity contribution < 1.29 is 19.4 Å². The van der Waals surface area contributed by atoms with Crippen molar-refractivity contribution in [3.05, 3.63) is 77.9 Å². The number of nitrogens with zero attached hydrogens (tertiary/aromatic N) is 4. The Labute approximate surface area is 236 Å². The maximum atomic E-state index is 13.5. The molecular formula is C30H40N6O4. The molecule has 10 nitrogen and oxygen atoms in total. The summed E-state index contributed by atoms with van der Waals surface area (Å²) >= 11 is 0. The molecule has 40 heavy (non-hydrogen) atoms. The summed E-state index contributed by atoms with van der Waals surface area (Å²) in [4.78, 5) is 36.2. The number of carbonyl (C=O) groups excluding carboxylic acids is 2. The number of benzene rings is 1. The van der Waals surface area contributed by atoms with Gasteiger partial charge < -0.3 is 30.3 Å². The highest BCUT2D eigenvalue weighted by atomic mass is 16.5. The average molecular weight is 549 g/mol. The van der Waals surface area contributed by atoms with Crippen LogP contribution in [0.4, 0.5) is 10.5 Å². The Bertz CT molecular complexity index is 1230. The third-order valence-electron chi connectivity index (χ3n) is 7.20. The van der Waals surface area contributed by atoms with Gasteiger partial charge in [-0.3, -0.25) is 14.7 Å². The van der Waals surface area contributed by atoms with Gasteiger partial charge in [0.1, 0.15) is 11.9 Å². The number of carbonyl (C=O) groups is 2. The fraction of sp³-hybridized carbons (Fsp3) is 0.433. The Morgan fingerprint density at radius 1 is 1.25 bits per heavy atom. The van der Waals surface area contributed by atoms with Gasteiger partial charge in [0.05, 0.1) is 25.6 Å². The second-order valence-electron chi connectivity index (χ2n) is 10.8. The molecule has 1 unspecified atom stereocenters. The number of aliphatic hydroxyl groups excluding tert-OH is 1. The molecule has 0 radical (unpaired) electrons. The number of pyridine rings is 1. The molecule has 0 spiro atoms. The van der Waals surface area contributed by atoms with Crippen LogP contribution in [0.1, 0.15) is 25.0 Å². The number of anilines is 1. The van der Waals surface area contributed by atoms with Gasteiger partial charge in [-0.2, -0.15) is 0 Å². The zero-order valence-electron chi connectivity index (χ0n) is 23.7. The summed E-state index contributed by atoms with van der Waals surface area (Å²) in [5.74, 6) is 0.532. The van der Waals surface area contributed by atoms with E-state index in [-0.39, 0.29) is 43.0 Å². The van der Waals surface area contributed by atoms with Crippen molar-refractivity contribution in [1.29, 1.82) is 0 Å². The molecule has 0 bridgehead atoms. The minimum atomic E-state index is -0.357. The van der Waals surface area contributed by atoms with Gasteiger partial charge in [0.25, 0.3) is 0 Å². The highest BCUT2D eigenvalue weighted by Gasteiger charge is 2.31. The standard InChI is InChI=1S/C30H40N6O4/c1-21-16-36(22(2)20-37)29(38)15-24-14-25(32-30(39)33-26-6-5-13-34(3)18-26)7-8-27(24)40-28(21)19-35(4)17-23-9-11-31-12-10-23/h5-14,21-22,28,37H,15-20H2,1-4H3,(H2,32,33,39)/t21?,22-,28-/m0/s1. The largest absolute Gasteiger partial charge is 0.488 e. The molecule has 3 amide bonds. The van der Waals surface area contributed by atoms with Crippen LogP contribution in [0, 0.1) is 5.92 Å². The van der Waals surface area contributed by atoms with Crippen molar-refractivity contribution in [1.82, 2.24) is 25.0 Å². The molecule has 0 saturated heterocycles. The van der Waals surface area contributed by atoms with Crippen molar-refractivity contribution in [2.75, 3.05) is 45.7 Å². The second kappa shape index (κ2) is 13.5. The lowest BCUT2D eigenvalue weighted by atomic mass is 10.0. The van der Waals surface area contributed by atoms with E-state index in [1.807, 2.05) is 62.5 Å². The quantitative estimate of drug-likeness (QED) is 0.465. The molecule has 1 aromatic carbocycles. The van der Waals surface area contributed by atoms with Crippen molar-refractivity contribution in [3.63, 3.8) is 0 Å². The molecule has 0 fully saturated rings. The SMILES string of the molecule is CC1CN([C@@H](C)CO)C(=O)Cc2cc(NC(=O)NC3=CC=CN(C)C3)ccc2O[C@H]1CN(C)Cc1ccncc1. The smallest absolute Gasteiger partial charge is 0.323 e. The summed E-state index contributed by atoms with van der Waals surface area (Å²) < 4.78 is 6.59. The van der Waals surface area contributed by atoms with E-state index in [1.165, 1.54) is 0 Å². The van der Waals surface area contributed by atoms with E-state index in [9.17, 15) is 14.7 Å². The zero-order valence-corrected chi connectivity index (χ0v) is 23.7. The van der Waals surface area contributed by atoms with Crippen LogP contribution >= 0.6 is 0 Å². The lowest BCUT2D eigenvalue weighted by Gasteiger charge is -2.34. The third-order valence-corrected chi connectivity index (χ3v) is 7.20. The van der Waals surface area contributed by atoms with Gasteiger partial charge in [-0.25, -0.2) is 4.79 Å². The molecule has 0 saturated carbocycles. The number of aromatic nitrogens is 1. The summed E-state index contributed by atoms with van der Waals surface area (Å²) in [6, 6.07) is 8.71. The summed E-state index contributed by atoms with van der Waals surface area (Å²) in [7, 11) is 3.98. The number of urea groups is 1. The minimum absolute atomic E-state index is 0.00307. The van der Waals surface area contributed by atoms with Crippen LogP contribution in [-0.4, -0.2) is 89.2 Å². The zero-order chi connectivity index (χ0) is 28.6. The van der Waals surface area contributed by atoms with Gasteiger partial charge >= 0.3 is 6.03 Å². The van der Waals surface area contributed by atoms with Crippen molar-refractivity contribution in [2.45, 2.75) is 39.0 Å². The van der Waals surface area contributed by atoms with Gasteiger partial charge in [-0.1, -0.05) is 6.92 Å². The highest BCUT2D eigenvalue weighted by molar-refractivity contribution is 5.91. The first kappa shape index (κ1) is 29.1. The molecule has 3 atom stereocenters. The Morgan fingerprint density at radius 2 is 2.02 bits per heavy atom. The van der Waals surface area contributed by atoms with Crippen molar-refractivity contribution in [3.8, 4) is 5.75 Å². The topological polar surface area (TPSA) is 110 Å². The number of fused-ring (bicyclic) bond motifs is 1. The number of nitrogens with one attached hydrogen (secondary N) is 2. The molecule has 0 aliphatic carbocycles. The predicted molar refractivity (Wildman–Crippen MR) is 155 cm³/mol. The third kappa shape index (κ3) is 7.83. The monoisotopic (exact) mass is 548 g/mol. The summed E-state index contributed by atoms with van der Waals surface area (Å²) in [6.07, 6.45) is 9.13. The van der Waals surface area contributed by atoms with Crippen LogP contribution < -0.4 is 15.4 Å². The number of hydrogen-bond acceptors (Lipinski definition) is 7. The van der Waals surface area contributed by atoms with Gasteiger partial charge in [-0.15, -0.1) is 0 Å². The van der Waals surface area contributed by atoms with Gasteiger partial charge in [0.2, 0.25) is 5.91 Å². The van der Waals surface area contributed by atoms with Gasteiger partial charge in [-0.05, 0) is 68.2 Å². The van der Waals surface area contributed by atoms with Crippen LogP contribution in [0.15, 0.2) is 66.8 Å². The number of ether oxygens (including phenoxy) is 1. The number of allylic oxidation sites excluding steroid dienone is 2. The Hall–Kier alpha value is -3.89. The normalized spacial score (nSPS) is 20.1. The lowest BCUT2D eigenvalue weighted by molar-refractivity contribution is -0.134. The maximum absolute atomic E-state index is 13.5. The van der Waals surface area contributed by atoms with Crippen LogP contribution in [-0.2, 0) is 17.8 Å². The fourth-order valence-corrected chi connectivity index (χ4v) is 4.97. The number of amides is 3. The van der Waals surface area contributed by atoms with Crippen molar-refractivity contribution in [2.24, 2.45) is 5.92 Å². The van der Waals surface area contributed by atoms with Crippen LogP contribution in [0.5, 0.6) is 5.75 Å². The average Bonchev–Trinajstić information content (AvgIpc) is 2.96. The Morgan fingerprint density at radius 3 is 2.75 bits per heavy atom. The van der Waals surface area contributed by atoms with E-state index < -0.39 is 0 Å². The van der Waals surface area contributed by atoms with Crippen LogP contribution in [0.25, 0.3) is 0 Å². The lowest BCUT2D eigenvalue weighted by Crippen LogP contribution is -2.47. The molecule has 4 rings (SSSR count). The molecule has 214 valence electrons. The Balaban J connectivity index is 1.54. The van der Waals surface area contributed by atoms with Crippen LogP contribution in [0.3, 0.4) is 0 Å². The highest BCUT2D eigenvalue weighted by Crippen LogP contribution is 2.29. The van der Waals surface area contributed by atoms with Gasteiger partial charge in [0, 0.05) is 61.9 Å². The molecule has 2 aliphatic heterocycles. The van der Waals surface area contributed by atoms with E-state index in [1.54, 1.807) is 29.4 Å². The summed E-state index contributed by atoms with van der Waals surface area (Å²) in [5.41, 5.74) is 3.19. The first-order valence-corrected chi connectivity index (χ1v) is 13.6. The molecule has 3 N–H and O–H groups in total. The van der Waals surface area contributed by atoms with E-state index >= 15 is 0 Å². The number of aliphatic hydroxyl groups is 1. The second-order valence-corrected chi connectivity index (χ2v) is 10.8. The predicted octanol–water partition coefficient (Wildman–Crippen LogP) is 2.83. The Kier molecular flexibility index (Phi) is 9.79. The molecular weight excluding hydrogens is 508 g/mol. The summed E-state index contributed by atoms with van der Waals surface area (Å²) in [6.45, 7) is 6.24.